The molecule has 0 saturated carbocycles. The topological polar surface area (TPSA) is 95.1 Å². The summed E-state index contributed by atoms with van der Waals surface area (Å²) in [7, 11) is 1.82. The van der Waals surface area contributed by atoms with Crippen LogP contribution in [0.25, 0.3) is 0 Å². The van der Waals surface area contributed by atoms with Crippen molar-refractivity contribution in [1.29, 1.82) is 0 Å². The highest BCUT2D eigenvalue weighted by Gasteiger charge is 2.12. The van der Waals surface area contributed by atoms with Crippen LogP contribution in [-0.4, -0.2) is 39.9 Å². The summed E-state index contributed by atoms with van der Waals surface area (Å²) in [4.78, 5) is 11.6. The Morgan fingerprint density at radius 3 is 3.00 bits per heavy atom. The molecule has 1 rings (SSSR count). The van der Waals surface area contributed by atoms with E-state index in [-0.39, 0.29) is 18.4 Å². The van der Waals surface area contributed by atoms with E-state index in [0.717, 1.165) is 0 Å². The van der Waals surface area contributed by atoms with Gasteiger partial charge < -0.3 is 20.4 Å². The highest BCUT2D eigenvalue weighted by atomic mass is 16.5. The summed E-state index contributed by atoms with van der Waals surface area (Å²) in [6.45, 7) is 3.13. The summed E-state index contributed by atoms with van der Waals surface area (Å²) >= 11 is 0. The summed E-state index contributed by atoms with van der Waals surface area (Å²) in [5.74, 6) is 0.607. The molecule has 7 nitrogen and oxygen atoms in total. The molecule has 96 valence electrons. The van der Waals surface area contributed by atoms with Crippen molar-refractivity contribution < 1.29 is 9.53 Å². The van der Waals surface area contributed by atoms with Gasteiger partial charge in [-0.05, 0) is 6.92 Å². The fourth-order valence-corrected chi connectivity index (χ4v) is 1.37. The van der Waals surface area contributed by atoms with Crippen LogP contribution in [-0.2, 0) is 23.1 Å². The number of nitrogens with one attached hydrogen (secondary N) is 1. The summed E-state index contributed by atoms with van der Waals surface area (Å²) < 4.78 is 7.06. The Morgan fingerprint density at radius 1 is 1.71 bits per heavy atom. The fourth-order valence-electron chi connectivity index (χ4n) is 1.37. The largest absolute Gasteiger partial charge is 0.377 e. The highest BCUT2D eigenvalue weighted by Crippen LogP contribution is 1.97. The first-order valence-electron chi connectivity index (χ1n) is 5.58. The molecule has 0 aliphatic heterocycles. The average molecular weight is 241 g/mol. The maximum absolute atomic E-state index is 11.6. The normalized spacial score (nSPS) is 12.4. The van der Waals surface area contributed by atoms with Crippen molar-refractivity contribution in [2.45, 2.75) is 26.0 Å². The van der Waals surface area contributed by atoms with E-state index in [2.05, 4.69) is 15.5 Å². The molecule has 1 aromatic rings. The van der Waals surface area contributed by atoms with Crippen LogP contribution < -0.4 is 11.1 Å². The number of nitrogens with zero attached hydrogens (tertiary/aromatic N) is 3. The molecular weight excluding hydrogens is 222 g/mol. The van der Waals surface area contributed by atoms with Gasteiger partial charge in [-0.15, -0.1) is 10.2 Å². The number of carbonyl (C=O) groups is 1. The number of carbonyl (C=O) groups excluding carboxylic acids is 1. The predicted octanol–water partition coefficient (Wildman–Crippen LogP) is -0.815. The van der Waals surface area contributed by atoms with Crippen LogP contribution in [0.15, 0.2) is 6.33 Å². The van der Waals surface area contributed by atoms with Crippen molar-refractivity contribution in [3.63, 3.8) is 0 Å². The molecular formula is C10H19N5O2. The van der Waals surface area contributed by atoms with Crippen molar-refractivity contribution >= 4 is 5.91 Å². The minimum absolute atomic E-state index is 0.100. The summed E-state index contributed by atoms with van der Waals surface area (Å²) in [5, 5.41) is 10.3. The molecule has 3 N–H and O–H groups in total. The first-order chi connectivity index (χ1) is 8.17. The van der Waals surface area contributed by atoms with Crippen LogP contribution in [0.2, 0.25) is 0 Å². The molecule has 1 aromatic heterocycles. The number of nitrogens with two attached hydrogens (primary N) is 1. The Bertz CT molecular complexity index is 352. The number of hydrogen-bond donors (Lipinski definition) is 2. The second kappa shape index (κ2) is 6.97. The molecule has 0 aliphatic rings. The van der Waals surface area contributed by atoms with Crippen LogP contribution >= 0.6 is 0 Å². The van der Waals surface area contributed by atoms with Gasteiger partial charge in [-0.3, -0.25) is 4.79 Å². The number of hydrogen-bond acceptors (Lipinski definition) is 5. The first kappa shape index (κ1) is 13.6. The number of ether oxygens (including phenoxy) is 1. The highest BCUT2D eigenvalue weighted by molar-refractivity contribution is 5.76. The van der Waals surface area contributed by atoms with Gasteiger partial charge in [0.1, 0.15) is 6.33 Å². The van der Waals surface area contributed by atoms with Gasteiger partial charge in [0.15, 0.2) is 5.82 Å². The molecule has 0 aliphatic carbocycles. The van der Waals surface area contributed by atoms with E-state index in [1.54, 1.807) is 10.9 Å². The van der Waals surface area contributed by atoms with Gasteiger partial charge in [0.25, 0.3) is 0 Å². The van der Waals surface area contributed by atoms with Gasteiger partial charge in [-0.1, -0.05) is 0 Å². The lowest BCUT2D eigenvalue weighted by molar-refractivity contribution is -0.123. The van der Waals surface area contributed by atoms with E-state index in [4.69, 9.17) is 10.5 Å². The van der Waals surface area contributed by atoms with Crippen LogP contribution in [0.4, 0.5) is 0 Å². The first-order valence-corrected chi connectivity index (χ1v) is 5.58. The zero-order valence-corrected chi connectivity index (χ0v) is 10.2. The van der Waals surface area contributed by atoms with E-state index in [9.17, 15) is 4.79 Å². The number of amides is 1. The molecule has 0 aromatic carbocycles. The van der Waals surface area contributed by atoms with Gasteiger partial charge >= 0.3 is 0 Å². The SMILES string of the molecule is CCOC(CN)CC(=O)NCc1nncn1C. The van der Waals surface area contributed by atoms with Crippen molar-refractivity contribution in [1.82, 2.24) is 20.1 Å². The van der Waals surface area contributed by atoms with Crippen molar-refractivity contribution in [3.05, 3.63) is 12.2 Å². The summed E-state index contributed by atoms with van der Waals surface area (Å²) in [5.41, 5.74) is 5.49. The van der Waals surface area contributed by atoms with Gasteiger partial charge in [0, 0.05) is 20.2 Å². The third-order valence-electron chi connectivity index (χ3n) is 2.33. The zero-order chi connectivity index (χ0) is 12.7. The second-order valence-electron chi connectivity index (χ2n) is 3.65. The van der Waals surface area contributed by atoms with E-state index >= 15 is 0 Å². The maximum Gasteiger partial charge on any atom is 0.223 e. The lowest BCUT2D eigenvalue weighted by Gasteiger charge is -2.14. The number of rotatable bonds is 7. The maximum atomic E-state index is 11.6. The minimum atomic E-state index is -0.223. The van der Waals surface area contributed by atoms with E-state index in [0.29, 0.717) is 25.5 Å². The van der Waals surface area contributed by atoms with Crippen LogP contribution in [0.1, 0.15) is 19.2 Å². The van der Waals surface area contributed by atoms with Crippen molar-refractivity contribution in [3.8, 4) is 0 Å². The van der Waals surface area contributed by atoms with E-state index in [1.807, 2.05) is 14.0 Å². The molecule has 0 radical (unpaired) electrons. The molecule has 1 atom stereocenters. The molecule has 17 heavy (non-hydrogen) atoms. The lowest BCUT2D eigenvalue weighted by atomic mass is 10.2. The molecule has 0 saturated heterocycles. The molecule has 1 heterocycles. The minimum Gasteiger partial charge on any atom is -0.377 e. The quantitative estimate of drug-likeness (QED) is 0.650. The Kier molecular flexibility index (Phi) is 5.58. The number of aryl methyl sites for hydroxylation is 1. The van der Waals surface area contributed by atoms with Gasteiger partial charge in [-0.25, -0.2) is 0 Å². The third-order valence-corrected chi connectivity index (χ3v) is 2.33. The van der Waals surface area contributed by atoms with Crippen molar-refractivity contribution in [2.75, 3.05) is 13.2 Å². The molecule has 0 fully saturated rings. The Morgan fingerprint density at radius 2 is 2.47 bits per heavy atom. The van der Waals surface area contributed by atoms with Crippen molar-refractivity contribution in [2.24, 2.45) is 12.8 Å². The predicted molar refractivity (Wildman–Crippen MR) is 61.9 cm³/mol. The monoisotopic (exact) mass is 241 g/mol. The van der Waals surface area contributed by atoms with Crippen LogP contribution in [0, 0.1) is 0 Å². The fraction of sp³-hybridized carbons (Fsp3) is 0.700. The standard InChI is InChI=1S/C10H19N5O2/c1-3-17-8(5-11)4-10(16)12-6-9-14-13-7-15(9)2/h7-8H,3-6,11H2,1-2H3,(H,12,16). The van der Waals surface area contributed by atoms with Gasteiger partial charge in [-0.2, -0.15) is 0 Å². The van der Waals surface area contributed by atoms with E-state index < -0.39 is 0 Å². The second-order valence-corrected chi connectivity index (χ2v) is 3.65. The average Bonchev–Trinajstić information content (AvgIpc) is 2.71. The lowest BCUT2D eigenvalue weighted by Crippen LogP contribution is -2.33. The number of aromatic nitrogens is 3. The molecule has 1 amide bonds. The zero-order valence-electron chi connectivity index (χ0n) is 10.2. The van der Waals surface area contributed by atoms with Crippen LogP contribution in [0.5, 0.6) is 0 Å². The van der Waals surface area contributed by atoms with Crippen LogP contribution in [0.3, 0.4) is 0 Å². The molecule has 0 spiro atoms. The van der Waals surface area contributed by atoms with E-state index in [1.165, 1.54) is 0 Å². The Hall–Kier alpha value is -1.47. The summed E-state index contributed by atoms with van der Waals surface area (Å²) in [6.07, 6.45) is 1.63. The van der Waals surface area contributed by atoms with Gasteiger partial charge in [0.2, 0.25) is 5.91 Å². The van der Waals surface area contributed by atoms with Gasteiger partial charge in [0.05, 0.1) is 19.1 Å². The Labute approximate surface area is 100 Å². The smallest absolute Gasteiger partial charge is 0.223 e. The summed E-state index contributed by atoms with van der Waals surface area (Å²) in [6, 6.07) is 0. The third kappa shape index (κ3) is 4.49. The molecule has 1 unspecified atom stereocenters. The Balaban J connectivity index is 2.32. The molecule has 0 bridgehead atoms. The molecule has 7 heteroatoms.